The summed E-state index contributed by atoms with van der Waals surface area (Å²) in [4.78, 5) is 2.30. The largest absolute Gasteiger partial charge is 0.455 e. The molecule has 9 aromatic carbocycles. The van der Waals surface area contributed by atoms with Gasteiger partial charge in [0.2, 0.25) is 0 Å². The van der Waals surface area contributed by atoms with E-state index in [1.807, 2.05) is 0 Å². The van der Waals surface area contributed by atoms with Gasteiger partial charge in [-0.1, -0.05) is 133 Å². The van der Waals surface area contributed by atoms with Gasteiger partial charge in [0.05, 0.1) is 0 Å². The Hall–Kier alpha value is -6.64. The fourth-order valence-corrected chi connectivity index (χ4v) is 7.60. The van der Waals surface area contributed by atoms with Gasteiger partial charge in [-0.25, -0.2) is 0 Å². The molecular formula is C48H31NO. The molecule has 1 aromatic heterocycles. The van der Waals surface area contributed by atoms with E-state index in [4.69, 9.17) is 4.42 Å². The van der Waals surface area contributed by atoms with Crippen LogP contribution in [0.2, 0.25) is 0 Å². The maximum atomic E-state index is 6.73. The molecule has 10 aromatic rings. The monoisotopic (exact) mass is 637 g/mol. The molecule has 0 aliphatic heterocycles. The Morgan fingerprint density at radius 1 is 0.320 bits per heavy atom. The fraction of sp³-hybridized carbons (Fsp3) is 0. The zero-order chi connectivity index (χ0) is 33.0. The van der Waals surface area contributed by atoms with Crippen molar-refractivity contribution in [1.82, 2.24) is 0 Å². The third-order valence-electron chi connectivity index (χ3n) is 10.0. The zero-order valence-corrected chi connectivity index (χ0v) is 27.3. The molecule has 0 saturated heterocycles. The lowest BCUT2D eigenvalue weighted by Gasteiger charge is -2.25. The number of para-hydroxylation sites is 1. The van der Waals surface area contributed by atoms with E-state index in [1.165, 1.54) is 49.2 Å². The number of hydrogen-bond acceptors (Lipinski definition) is 2. The summed E-state index contributed by atoms with van der Waals surface area (Å²) in [5, 5.41) is 9.64. The van der Waals surface area contributed by atoms with Gasteiger partial charge in [0.25, 0.3) is 0 Å². The first kappa shape index (κ1) is 28.4. The molecule has 0 fully saturated rings. The number of hydrogen-bond donors (Lipinski definition) is 0. The second-order valence-corrected chi connectivity index (χ2v) is 12.9. The molecule has 50 heavy (non-hydrogen) atoms. The molecule has 0 spiro atoms. The van der Waals surface area contributed by atoms with Gasteiger partial charge in [-0.3, -0.25) is 0 Å². The molecule has 0 atom stereocenters. The second kappa shape index (κ2) is 11.5. The minimum absolute atomic E-state index is 0.870. The van der Waals surface area contributed by atoms with Crippen molar-refractivity contribution in [1.29, 1.82) is 0 Å². The van der Waals surface area contributed by atoms with Gasteiger partial charge >= 0.3 is 0 Å². The van der Waals surface area contributed by atoms with Crippen LogP contribution in [0.5, 0.6) is 0 Å². The van der Waals surface area contributed by atoms with Gasteiger partial charge in [-0.05, 0) is 97.7 Å². The van der Waals surface area contributed by atoms with Crippen molar-refractivity contribution in [3.63, 3.8) is 0 Å². The fourth-order valence-electron chi connectivity index (χ4n) is 7.60. The van der Waals surface area contributed by atoms with E-state index in [0.717, 1.165) is 44.4 Å². The van der Waals surface area contributed by atoms with Crippen LogP contribution in [-0.4, -0.2) is 0 Å². The van der Waals surface area contributed by atoms with Gasteiger partial charge in [0.1, 0.15) is 11.2 Å². The van der Waals surface area contributed by atoms with Crippen LogP contribution in [0.1, 0.15) is 0 Å². The highest BCUT2D eigenvalue weighted by atomic mass is 16.3. The maximum absolute atomic E-state index is 6.73. The summed E-state index contributed by atoms with van der Waals surface area (Å²) >= 11 is 0. The number of benzene rings is 9. The summed E-state index contributed by atoms with van der Waals surface area (Å²) < 4.78 is 6.73. The Kier molecular flexibility index (Phi) is 6.53. The van der Waals surface area contributed by atoms with Crippen LogP contribution in [0.15, 0.2) is 192 Å². The number of fused-ring (bicyclic) bond motifs is 8. The highest BCUT2D eigenvalue weighted by molar-refractivity contribution is 6.19. The predicted molar refractivity (Wildman–Crippen MR) is 212 cm³/mol. The molecule has 0 aliphatic carbocycles. The lowest BCUT2D eigenvalue weighted by atomic mass is 9.95. The molecule has 0 bridgehead atoms. The minimum atomic E-state index is 0.870. The molecule has 0 aliphatic rings. The first-order valence-corrected chi connectivity index (χ1v) is 17.1. The summed E-state index contributed by atoms with van der Waals surface area (Å²) in [5.41, 5.74) is 9.81. The SMILES string of the molecule is c1ccc(-c2cc3c4ccc(N(c5ccccc5)c5ccc(-c6ccc7c(ccc8ccccc87)c6)cc5)cc4oc3c3ccccc23)cc1. The molecular weight excluding hydrogens is 607 g/mol. The Labute approximate surface area is 290 Å². The zero-order valence-electron chi connectivity index (χ0n) is 27.3. The van der Waals surface area contributed by atoms with E-state index >= 15 is 0 Å². The van der Waals surface area contributed by atoms with E-state index < -0.39 is 0 Å². The van der Waals surface area contributed by atoms with E-state index in [2.05, 4.69) is 193 Å². The van der Waals surface area contributed by atoms with Crippen LogP contribution in [-0.2, 0) is 0 Å². The first-order chi connectivity index (χ1) is 24.8. The van der Waals surface area contributed by atoms with Gasteiger partial charge in [-0.2, -0.15) is 0 Å². The highest BCUT2D eigenvalue weighted by Crippen LogP contribution is 2.43. The molecule has 0 radical (unpaired) electrons. The van der Waals surface area contributed by atoms with Crippen molar-refractivity contribution in [2.45, 2.75) is 0 Å². The average Bonchev–Trinajstić information content (AvgIpc) is 3.56. The van der Waals surface area contributed by atoms with Crippen LogP contribution in [0.25, 0.3) is 76.5 Å². The standard InChI is InChI=1S/C48H31NO/c1-3-11-33(12-4-1)45-31-46-43-28-26-39(30-47(43)50-48(46)44-18-10-9-17-42(44)45)49(37-14-5-2-6-15-37)38-24-21-32(22-25-38)35-23-27-41-36(29-35)20-19-34-13-7-8-16-40(34)41/h1-31H. The third kappa shape index (κ3) is 4.65. The van der Waals surface area contributed by atoms with Gasteiger partial charge < -0.3 is 9.32 Å². The smallest absolute Gasteiger partial charge is 0.143 e. The topological polar surface area (TPSA) is 16.4 Å². The number of rotatable bonds is 5. The average molecular weight is 638 g/mol. The number of anilines is 3. The third-order valence-corrected chi connectivity index (χ3v) is 10.0. The van der Waals surface area contributed by atoms with Crippen molar-refractivity contribution in [2.24, 2.45) is 0 Å². The Morgan fingerprint density at radius 3 is 1.74 bits per heavy atom. The van der Waals surface area contributed by atoms with Crippen molar-refractivity contribution in [2.75, 3.05) is 4.90 Å². The van der Waals surface area contributed by atoms with Crippen LogP contribution < -0.4 is 4.90 Å². The quantitative estimate of drug-likeness (QED) is 0.175. The molecule has 0 saturated carbocycles. The molecule has 2 heteroatoms. The van der Waals surface area contributed by atoms with Crippen LogP contribution in [0, 0.1) is 0 Å². The van der Waals surface area contributed by atoms with Gasteiger partial charge in [-0.15, -0.1) is 0 Å². The van der Waals surface area contributed by atoms with Crippen LogP contribution in [0.4, 0.5) is 17.1 Å². The normalized spacial score (nSPS) is 11.6. The Balaban J connectivity index is 1.08. The summed E-state index contributed by atoms with van der Waals surface area (Å²) in [6.07, 6.45) is 0. The second-order valence-electron chi connectivity index (χ2n) is 12.9. The van der Waals surface area contributed by atoms with Crippen molar-refractivity contribution in [3.8, 4) is 22.3 Å². The Morgan fingerprint density at radius 2 is 0.920 bits per heavy atom. The summed E-state index contributed by atoms with van der Waals surface area (Å²) in [7, 11) is 0. The summed E-state index contributed by atoms with van der Waals surface area (Å²) in [6.45, 7) is 0. The Bertz CT molecular complexity index is 2850. The van der Waals surface area contributed by atoms with E-state index in [0.29, 0.717) is 0 Å². The molecule has 10 rings (SSSR count). The van der Waals surface area contributed by atoms with Crippen LogP contribution in [0.3, 0.4) is 0 Å². The first-order valence-electron chi connectivity index (χ1n) is 17.1. The van der Waals surface area contributed by atoms with Crippen molar-refractivity contribution in [3.05, 3.63) is 188 Å². The molecule has 0 amide bonds. The van der Waals surface area contributed by atoms with Crippen molar-refractivity contribution >= 4 is 71.3 Å². The summed E-state index contributed by atoms with van der Waals surface area (Å²) in [5.74, 6) is 0. The number of furan rings is 1. The minimum Gasteiger partial charge on any atom is -0.455 e. The lowest BCUT2D eigenvalue weighted by Crippen LogP contribution is -2.09. The molecule has 0 N–H and O–H groups in total. The van der Waals surface area contributed by atoms with Gasteiger partial charge in [0.15, 0.2) is 0 Å². The maximum Gasteiger partial charge on any atom is 0.143 e. The van der Waals surface area contributed by atoms with E-state index in [9.17, 15) is 0 Å². The summed E-state index contributed by atoms with van der Waals surface area (Å²) in [6, 6.07) is 67.3. The highest BCUT2D eigenvalue weighted by Gasteiger charge is 2.18. The predicted octanol–water partition coefficient (Wildman–Crippen LogP) is 13.8. The number of nitrogens with zero attached hydrogens (tertiary/aromatic N) is 1. The van der Waals surface area contributed by atoms with E-state index in [1.54, 1.807) is 0 Å². The molecule has 2 nitrogen and oxygen atoms in total. The van der Waals surface area contributed by atoms with Crippen LogP contribution >= 0.6 is 0 Å². The molecule has 234 valence electrons. The lowest BCUT2D eigenvalue weighted by molar-refractivity contribution is 0.673. The molecule has 1 heterocycles. The van der Waals surface area contributed by atoms with Gasteiger partial charge in [0, 0.05) is 39.3 Å². The molecule has 0 unspecified atom stereocenters. The van der Waals surface area contributed by atoms with E-state index in [-0.39, 0.29) is 0 Å². The van der Waals surface area contributed by atoms with Crippen molar-refractivity contribution < 1.29 is 4.42 Å².